The van der Waals surface area contributed by atoms with Crippen LogP contribution in [-0.2, 0) is 26.1 Å². The number of benzene rings is 1. The van der Waals surface area contributed by atoms with Gasteiger partial charge in [0.1, 0.15) is 5.82 Å². The van der Waals surface area contributed by atoms with Crippen LogP contribution in [0.5, 0.6) is 0 Å². The zero-order valence-corrected chi connectivity index (χ0v) is 15.6. The minimum atomic E-state index is -0.158. The second-order valence-corrected chi connectivity index (χ2v) is 7.77. The first kappa shape index (κ1) is 17.2. The Morgan fingerprint density at radius 2 is 1.93 bits per heavy atom. The van der Waals surface area contributed by atoms with E-state index in [1.54, 1.807) is 6.26 Å². The third-order valence-electron chi connectivity index (χ3n) is 5.83. The standard InChI is InChI=1S/C21H23N5O2/c27-21(22-9-15-4-2-1-3-5-15)20-24-23-19-8-17-11-25(10-16-6-7-28-14-16)12-18(17)13-26(19)20/h1-7,14,17-18H,8-13H2,(H,22,27). The Morgan fingerprint density at radius 1 is 1.07 bits per heavy atom. The number of fused-ring (bicyclic) bond motifs is 2. The lowest BCUT2D eigenvalue weighted by Crippen LogP contribution is -2.32. The van der Waals surface area contributed by atoms with Gasteiger partial charge in [0, 0.05) is 44.7 Å². The summed E-state index contributed by atoms with van der Waals surface area (Å²) in [6.07, 6.45) is 4.41. The Balaban J connectivity index is 1.25. The van der Waals surface area contributed by atoms with Crippen molar-refractivity contribution < 1.29 is 9.21 Å². The number of nitrogens with one attached hydrogen (secondary N) is 1. The Kier molecular flexibility index (Phi) is 4.44. The van der Waals surface area contributed by atoms with Crippen molar-refractivity contribution in [1.29, 1.82) is 0 Å². The maximum absolute atomic E-state index is 12.7. The topological polar surface area (TPSA) is 76.2 Å². The highest BCUT2D eigenvalue weighted by molar-refractivity contribution is 5.90. The predicted octanol–water partition coefficient (Wildman–Crippen LogP) is 2.11. The summed E-state index contributed by atoms with van der Waals surface area (Å²) in [4.78, 5) is 15.1. The number of hydrogen-bond donors (Lipinski definition) is 1. The highest BCUT2D eigenvalue weighted by Gasteiger charge is 2.39. The molecule has 3 aromatic rings. The van der Waals surface area contributed by atoms with Gasteiger partial charge in [-0.1, -0.05) is 30.3 Å². The maximum Gasteiger partial charge on any atom is 0.289 e. The van der Waals surface area contributed by atoms with Gasteiger partial charge in [-0.25, -0.2) is 0 Å². The lowest BCUT2D eigenvalue weighted by molar-refractivity contribution is 0.0932. The van der Waals surface area contributed by atoms with Crippen LogP contribution in [0, 0.1) is 11.8 Å². The van der Waals surface area contributed by atoms with E-state index in [-0.39, 0.29) is 5.91 Å². The van der Waals surface area contributed by atoms with Gasteiger partial charge in [0.05, 0.1) is 12.5 Å². The Hall–Kier alpha value is -2.93. The summed E-state index contributed by atoms with van der Waals surface area (Å²) < 4.78 is 7.20. The number of furan rings is 1. The fourth-order valence-corrected chi connectivity index (χ4v) is 4.42. The molecule has 5 rings (SSSR count). The fraction of sp³-hybridized carbons (Fsp3) is 0.381. The summed E-state index contributed by atoms with van der Waals surface area (Å²) in [5.74, 6) is 2.29. The van der Waals surface area contributed by atoms with Crippen LogP contribution in [0.3, 0.4) is 0 Å². The molecule has 144 valence electrons. The largest absolute Gasteiger partial charge is 0.472 e. The van der Waals surface area contributed by atoms with E-state index >= 15 is 0 Å². The van der Waals surface area contributed by atoms with Gasteiger partial charge in [-0.15, -0.1) is 10.2 Å². The third-order valence-corrected chi connectivity index (χ3v) is 5.83. The van der Waals surface area contributed by atoms with Crippen molar-refractivity contribution in [3.63, 3.8) is 0 Å². The quantitative estimate of drug-likeness (QED) is 0.737. The van der Waals surface area contributed by atoms with Crippen molar-refractivity contribution in [3.8, 4) is 0 Å². The molecule has 2 aliphatic heterocycles. The second-order valence-electron chi connectivity index (χ2n) is 7.77. The SMILES string of the molecule is O=C(NCc1ccccc1)c1nnc2n1CC1CN(Cc3ccoc3)CC1C2. The Labute approximate surface area is 163 Å². The zero-order chi connectivity index (χ0) is 18.9. The average Bonchev–Trinajstić information content (AvgIpc) is 3.44. The summed E-state index contributed by atoms with van der Waals surface area (Å²) in [7, 11) is 0. The van der Waals surface area contributed by atoms with Crippen molar-refractivity contribution in [3.05, 3.63) is 71.7 Å². The number of hydrogen-bond acceptors (Lipinski definition) is 5. The summed E-state index contributed by atoms with van der Waals surface area (Å²) in [5.41, 5.74) is 2.28. The smallest absolute Gasteiger partial charge is 0.289 e. The molecule has 28 heavy (non-hydrogen) atoms. The molecule has 1 fully saturated rings. The van der Waals surface area contributed by atoms with E-state index in [9.17, 15) is 4.79 Å². The number of nitrogens with zero attached hydrogens (tertiary/aromatic N) is 4. The monoisotopic (exact) mass is 377 g/mol. The number of aromatic nitrogens is 3. The summed E-state index contributed by atoms with van der Waals surface area (Å²) in [5, 5.41) is 11.5. The minimum Gasteiger partial charge on any atom is -0.472 e. The molecule has 1 saturated heterocycles. The van der Waals surface area contributed by atoms with Crippen LogP contribution in [0.15, 0.2) is 53.3 Å². The van der Waals surface area contributed by atoms with Crippen LogP contribution in [-0.4, -0.2) is 38.7 Å². The van der Waals surface area contributed by atoms with E-state index in [0.29, 0.717) is 24.2 Å². The molecule has 1 aromatic carbocycles. The molecular weight excluding hydrogens is 354 g/mol. The van der Waals surface area contributed by atoms with E-state index in [1.807, 2.05) is 47.2 Å². The number of amides is 1. The highest BCUT2D eigenvalue weighted by atomic mass is 16.3. The molecule has 7 nitrogen and oxygen atoms in total. The molecule has 0 aliphatic carbocycles. The van der Waals surface area contributed by atoms with Gasteiger partial charge in [0.15, 0.2) is 0 Å². The summed E-state index contributed by atoms with van der Waals surface area (Å²) >= 11 is 0. The van der Waals surface area contributed by atoms with Gasteiger partial charge in [-0.3, -0.25) is 9.69 Å². The van der Waals surface area contributed by atoms with E-state index in [2.05, 4.69) is 20.4 Å². The summed E-state index contributed by atoms with van der Waals surface area (Å²) in [6.45, 7) is 4.29. The molecule has 2 aliphatic rings. The van der Waals surface area contributed by atoms with Crippen LogP contribution < -0.4 is 5.32 Å². The molecule has 7 heteroatoms. The minimum absolute atomic E-state index is 0.158. The predicted molar refractivity (Wildman–Crippen MR) is 102 cm³/mol. The number of carbonyl (C=O) groups is 1. The normalized spacial score (nSPS) is 21.3. The molecule has 0 saturated carbocycles. The van der Waals surface area contributed by atoms with Crippen LogP contribution in [0.4, 0.5) is 0 Å². The number of likely N-dealkylation sites (tertiary alicyclic amines) is 1. The molecule has 0 radical (unpaired) electrons. The molecule has 2 unspecified atom stereocenters. The Bertz CT molecular complexity index is 951. The lowest BCUT2D eigenvalue weighted by Gasteiger charge is -2.25. The van der Waals surface area contributed by atoms with Crippen LogP contribution in [0.25, 0.3) is 0 Å². The van der Waals surface area contributed by atoms with Gasteiger partial charge in [-0.2, -0.15) is 0 Å². The van der Waals surface area contributed by atoms with E-state index in [0.717, 1.165) is 44.0 Å². The van der Waals surface area contributed by atoms with Crippen molar-refractivity contribution in [2.24, 2.45) is 11.8 Å². The molecule has 2 atom stereocenters. The van der Waals surface area contributed by atoms with Crippen LogP contribution in [0.1, 0.15) is 27.6 Å². The summed E-state index contributed by atoms with van der Waals surface area (Å²) in [6, 6.07) is 11.9. The van der Waals surface area contributed by atoms with Gasteiger partial charge in [-0.05, 0) is 23.5 Å². The molecular formula is C21H23N5O2. The third kappa shape index (κ3) is 3.33. The highest BCUT2D eigenvalue weighted by Crippen LogP contribution is 2.33. The van der Waals surface area contributed by atoms with E-state index in [1.165, 1.54) is 5.56 Å². The Morgan fingerprint density at radius 3 is 2.75 bits per heavy atom. The maximum atomic E-state index is 12.7. The van der Waals surface area contributed by atoms with Crippen molar-refractivity contribution in [2.45, 2.75) is 26.1 Å². The first-order chi connectivity index (χ1) is 13.8. The number of rotatable bonds is 5. The molecule has 2 aromatic heterocycles. The molecule has 0 bridgehead atoms. The molecule has 1 N–H and O–H groups in total. The van der Waals surface area contributed by atoms with Crippen molar-refractivity contribution >= 4 is 5.91 Å². The zero-order valence-electron chi connectivity index (χ0n) is 15.6. The lowest BCUT2D eigenvalue weighted by atomic mass is 9.89. The van der Waals surface area contributed by atoms with Crippen molar-refractivity contribution in [1.82, 2.24) is 25.0 Å². The van der Waals surface area contributed by atoms with Gasteiger partial charge in [0.25, 0.3) is 5.91 Å². The first-order valence-electron chi connectivity index (χ1n) is 9.74. The van der Waals surface area contributed by atoms with Crippen LogP contribution >= 0.6 is 0 Å². The number of carbonyl (C=O) groups excluding carboxylic acids is 1. The van der Waals surface area contributed by atoms with Crippen LogP contribution in [0.2, 0.25) is 0 Å². The fourth-order valence-electron chi connectivity index (χ4n) is 4.42. The van der Waals surface area contributed by atoms with Gasteiger partial charge < -0.3 is 14.3 Å². The van der Waals surface area contributed by atoms with E-state index in [4.69, 9.17) is 4.42 Å². The van der Waals surface area contributed by atoms with Gasteiger partial charge in [0.2, 0.25) is 5.82 Å². The van der Waals surface area contributed by atoms with E-state index < -0.39 is 0 Å². The molecule has 4 heterocycles. The van der Waals surface area contributed by atoms with Gasteiger partial charge >= 0.3 is 0 Å². The molecule has 1 amide bonds. The van der Waals surface area contributed by atoms with Crippen molar-refractivity contribution in [2.75, 3.05) is 13.1 Å². The molecule has 0 spiro atoms. The average molecular weight is 377 g/mol. The first-order valence-corrected chi connectivity index (χ1v) is 9.74. The second kappa shape index (κ2) is 7.24.